The first-order chi connectivity index (χ1) is 13.5. The maximum absolute atomic E-state index is 12.8. The smallest absolute Gasteiger partial charge is 0.256 e. The lowest BCUT2D eigenvalue weighted by atomic mass is 9.95. The van der Waals surface area contributed by atoms with Gasteiger partial charge in [-0.05, 0) is 48.6 Å². The highest BCUT2D eigenvalue weighted by Crippen LogP contribution is 2.28. The minimum Gasteiger partial charge on any atom is -0.355 e. The molecule has 2 heterocycles. The number of hydrogen-bond acceptors (Lipinski definition) is 4. The van der Waals surface area contributed by atoms with Crippen molar-refractivity contribution in [3.05, 3.63) is 56.1 Å². The van der Waals surface area contributed by atoms with Crippen LogP contribution in [0.1, 0.15) is 71.3 Å². The third kappa shape index (κ3) is 4.70. The Morgan fingerprint density at radius 2 is 1.86 bits per heavy atom. The number of pyridine rings is 1. The van der Waals surface area contributed by atoms with Gasteiger partial charge in [-0.2, -0.15) is 11.3 Å². The first-order valence-electron chi connectivity index (χ1n) is 9.79. The van der Waals surface area contributed by atoms with E-state index in [-0.39, 0.29) is 23.2 Å². The van der Waals surface area contributed by atoms with Crippen molar-refractivity contribution in [2.75, 3.05) is 7.05 Å². The number of thiophene rings is 1. The Balaban J connectivity index is 1.87. The van der Waals surface area contributed by atoms with E-state index in [2.05, 4.69) is 10.6 Å². The predicted octanol–water partition coefficient (Wildman–Crippen LogP) is 3.14. The average Bonchev–Trinajstić information content (AvgIpc) is 3.21. The molecule has 1 atom stereocenters. The van der Waals surface area contributed by atoms with Crippen LogP contribution in [0, 0.1) is 0 Å². The Morgan fingerprint density at radius 3 is 2.46 bits per heavy atom. The number of carbonyl (C=O) groups is 2. The second-order valence-corrected chi connectivity index (χ2v) is 8.22. The van der Waals surface area contributed by atoms with Crippen molar-refractivity contribution in [1.82, 2.24) is 15.2 Å². The number of nitrogens with one attached hydrogen (secondary N) is 2. The molecule has 7 heteroatoms. The summed E-state index contributed by atoms with van der Waals surface area (Å²) < 4.78 is 1.89. The van der Waals surface area contributed by atoms with E-state index in [1.165, 1.54) is 13.5 Å². The molecule has 1 fully saturated rings. The van der Waals surface area contributed by atoms with Gasteiger partial charge in [-0.1, -0.05) is 19.3 Å². The van der Waals surface area contributed by atoms with E-state index in [4.69, 9.17) is 0 Å². The highest BCUT2D eigenvalue weighted by atomic mass is 32.1. The summed E-state index contributed by atoms with van der Waals surface area (Å²) in [4.78, 5) is 37.9. The molecule has 0 bridgehead atoms. The molecule has 3 rings (SSSR count). The summed E-state index contributed by atoms with van der Waals surface area (Å²) in [7, 11) is 1.49. The SMILES string of the molecule is CNC(=O)c1cn(C2CCCCC2)cc(C(=O)N[C@H](C)Cc2ccsc2)c1=O. The van der Waals surface area contributed by atoms with Crippen LogP contribution in [0.4, 0.5) is 0 Å². The molecule has 0 aromatic carbocycles. The van der Waals surface area contributed by atoms with Crippen molar-refractivity contribution < 1.29 is 9.59 Å². The van der Waals surface area contributed by atoms with Gasteiger partial charge < -0.3 is 15.2 Å². The van der Waals surface area contributed by atoms with Crippen LogP contribution in [0.25, 0.3) is 0 Å². The Bertz CT molecular complexity index is 883. The summed E-state index contributed by atoms with van der Waals surface area (Å²) in [5, 5.41) is 9.46. The summed E-state index contributed by atoms with van der Waals surface area (Å²) in [6, 6.07) is 2.12. The van der Waals surface area contributed by atoms with Gasteiger partial charge in [0.15, 0.2) is 0 Å². The van der Waals surface area contributed by atoms with E-state index in [9.17, 15) is 14.4 Å². The Kier molecular flexibility index (Phi) is 6.67. The van der Waals surface area contributed by atoms with Crippen LogP contribution in [-0.4, -0.2) is 29.5 Å². The minimum atomic E-state index is -0.522. The van der Waals surface area contributed by atoms with Gasteiger partial charge in [0.25, 0.3) is 11.8 Å². The largest absolute Gasteiger partial charge is 0.355 e. The van der Waals surface area contributed by atoms with E-state index >= 15 is 0 Å². The van der Waals surface area contributed by atoms with Gasteiger partial charge in [-0.15, -0.1) is 0 Å². The Hall–Kier alpha value is -2.41. The van der Waals surface area contributed by atoms with Gasteiger partial charge in [-0.3, -0.25) is 14.4 Å². The maximum Gasteiger partial charge on any atom is 0.256 e. The monoisotopic (exact) mass is 401 g/mol. The minimum absolute atomic E-state index is 0.0196. The van der Waals surface area contributed by atoms with Gasteiger partial charge in [0.1, 0.15) is 11.1 Å². The molecule has 28 heavy (non-hydrogen) atoms. The molecule has 2 aromatic rings. The summed E-state index contributed by atoms with van der Waals surface area (Å²) in [6.07, 6.45) is 9.34. The van der Waals surface area contributed by atoms with Crippen LogP contribution in [0.2, 0.25) is 0 Å². The first kappa shape index (κ1) is 20.3. The van der Waals surface area contributed by atoms with E-state index < -0.39 is 17.2 Å². The molecule has 2 aromatic heterocycles. The first-order valence-corrected chi connectivity index (χ1v) is 10.7. The fraction of sp³-hybridized carbons (Fsp3) is 0.476. The van der Waals surface area contributed by atoms with Crippen LogP contribution in [0.3, 0.4) is 0 Å². The number of aromatic nitrogens is 1. The quantitative estimate of drug-likeness (QED) is 0.780. The van der Waals surface area contributed by atoms with Crippen molar-refractivity contribution in [1.29, 1.82) is 0 Å². The molecule has 2 amide bonds. The lowest BCUT2D eigenvalue weighted by Crippen LogP contribution is -2.39. The molecule has 0 spiro atoms. The Morgan fingerprint density at radius 1 is 1.18 bits per heavy atom. The van der Waals surface area contributed by atoms with Crippen molar-refractivity contribution in [2.24, 2.45) is 0 Å². The molecule has 0 saturated heterocycles. The third-order valence-corrected chi connectivity index (χ3v) is 5.99. The summed E-state index contributed by atoms with van der Waals surface area (Å²) in [5.41, 5.74) is 0.679. The number of amides is 2. The number of carbonyl (C=O) groups excluding carboxylic acids is 2. The third-order valence-electron chi connectivity index (χ3n) is 5.26. The van der Waals surface area contributed by atoms with Crippen LogP contribution in [0.5, 0.6) is 0 Å². The molecule has 1 aliphatic carbocycles. The van der Waals surface area contributed by atoms with Gasteiger partial charge in [-0.25, -0.2) is 0 Å². The fourth-order valence-corrected chi connectivity index (χ4v) is 4.44. The maximum atomic E-state index is 12.8. The molecular formula is C21H27N3O3S. The topological polar surface area (TPSA) is 80.2 Å². The van der Waals surface area contributed by atoms with Gasteiger partial charge in [0, 0.05) is 31.5 Å². The molecule has 2 N–H and O–H groups in total. The van der Waals surface area contributed by atoms with E-state index in [1.807, 2.05) is 28.3 Å². The van der Waals surface area contributed by atoms with Crippen molar-refractivity contribution in [2.45, 2.75) is 57.5 Å². The molecule has 1 aliphatic rings. The lowest BCUT2D eigenvalue weighted by molar-refractivity contribution is 0.0938. The van der Waals surface area contributed by atoms with Crippen LogP contribution < -0.4 is 16.1 Å². The fourth-order valence-electron chi connectivity index (χ4n) is 3.76. The molecule has 0 aliphatic heterocycles. The van der Waals surface area contributed by atoms with E-state index in [0.717, 1.165) is 31.2 Å². The average molecular weight is 402 g/mol. The second-order valence-electron chi connectivity index (χ2n) is 7.44. The standard InChI is InChI=1S/C21H27N3O3S/c1-14(10-15-8-9-28-13-15)23-21(27)18-12-24(16-6-4-3-5-7-16)11-17(19(18)25)20(26)22-2/h8-9,11-14,16H,3-7,10H2,1-2H3,(H,22,26)(H,23,27)/t14-/m1/s1. The van der Waals surface area contributed by atoms with Gasteiger partial charge in [0.05, 0.1) is 0 Å². The van der Waals surface area contributed by atoms with Crippen LogP contribution >= 0.6 is 11.3 Å². The zero-order chi connectivity index (χ0) is 20.1. The summed E-state index contributed by atoms with van der Waals surface area (Å²) >= 11 is 1.61. The van der Waals surface area contributed by atoms with E-state index in [1.54, 1.807) is 23.7 Å². The number of hydrogen-bond donors (Lipinski definition) is 2. The Labute approximate surface area is 169 Å². The number of rotatable bonds is 6. The van der Waals surface area contributed by atoms with Crippen molar-refractivity contribution in [3.8, 4) is 0 Å². The molecule has 6 nitrogen and oxygen atoms in total. The highest BCUT2D eigenvalue weighted by Gasteiger charge is 2.23. The zero-order valence-corrected chi connectivity index (χ0v) is 17.2. The highest BCUT2D eigenvalue weighted by molar-refractivity contribution is 7.07. The molecule has 0 unspecified atom stereocenters. The van der Waals surface area contributed by atoms with E-state index in [0.29, 0.717) is 6.42 Å². The zero-order valence-electron chi connectivity index (χ0n) is 16.4. The van der Waals surface area contributed by atoms with Crippen LogP contribution in [0.15, 0.2) is 34.0 Å². The molecule has 150 valence electrons. The lowest BCUT2D eigenvalue weighted by Gasteiger charge is -2.25. The summed E-state index contributed by atoms with van der Waals surface area (Å²) in [6.45, 7) is 1.91. The molecular weight excluding hydrogens is 374 g/mol. The van der Waals surface area contributed by atoms with Crippen LogP contribution in [-0.2, 0) is 6.42 Å². The number of nitrogens with zero attached hydrogens (tertiary/aromatic N) is 1. The van der Waals surface area contributed by atoms with Crippen molar-refractivity contribution >= 4 is 23.2 Å². The summed E-state index contributed by atoms with van der Waals surface area (Å²) in [5.74, 6) is -0.890. The predicted molar refractivity (Wildman–Crippen MR) is 111 cm³/mol. The van der Waals surface area contributed by atoms with Gasteiger partial charge in [0.2, 0.25) is 5.43 Å². The molecule has 1 saturated carbocycles. The second kappa shape index (κ2) is 9.19. The normalized spacial score (nSPS) is 15.8. The van der Waals surface area contributed by atoms with Gasteiger partial charge >= 0.3 is 0 Å². The molecule has 0 radical (unpaired) electrons. The van der Waals surface area contributed by atoms with Crippen molar-refractivity contribution in [3.63, 3.8) is 0 Å².